The van der Waals surface area contributed by atoms with Crippen molar-refractivity contribution in [3.05, 3.63) is 81.7 Å². The minimum Gasteiger partial charge on any atom is -0.493 e. The normalized spacial score (nSPS) is 14.7. The fourth-order valence-corrected chi connectivity index (χ4v) is 5.07. The quantitative estimate of drug-likeness (QED) is 0.283. The Morgan fingerprint density at radius 3 is 2.51 bits per heavy atom. The highest BCUT2D eigenvalue weighted by molar-refractivity contribution is 9.10. The van der Waals surface area contributed by atoms with Gasteiger partial charge in [0.2, 0.25) is 5.91 Å². The molecule has 0 unspecified atom stereocenters. The first-order chi connectivity index (χ1) is 18.9. The number of ether oxygens (including phenoxy) is 3. The fraction of sp³-hybridized carbons (Fsp3) is 0.400. The van der Waals surface area contributed by atoms with Gasteiger partial charge in [-0.15, -0.1) is 0 Å². The third-order valence-corrected chi connectivity index (χ3v) is 7.24. The van der Waals surface area contributed by atoms with Gasteiger partial charge in [-0.3, -0.25) is 9.59 Å². The molecule has 0 aliphatic carbocycles. The number of carbonyl (C=O) groups excluding carboxylic acids is 2. The second kappa shape index (κ2) is 13.7. The van der Waals surface area contributed by atoms with Gasteiger partial charge in [0.25, 0.3) is 5.91 Å². The van der Waals surface area contributed by atoms with E-state index in [0.29, 0.717) is 55.5 Å². The summed E-state index contributed by atoms with van der Waals surface area (Å²) < 4.78 is 23.2. The number of amides is 2. The molecule has 1 fully saturated rings. The van der Waals surface area contributed by atoms with Crippen LogP contribution in [0.5, 0.6) is 11.5 Å². The van der Waals surface area contributed by atoms with E-state index in [1.165, 1.54) is 0 Å². The highest BCUT2D eigenvalue weighted by Gasteiger charge is 2.27. The second-order valence-electron chi connectivity index (χ2n) is 9.60. The van der Waals surface area contributed by atoms with Gasteiger partial charge < -0.3 is 28.4 Å². The Bertz CT molecular complexity index is 1270. The molecule has 0 saturated carbocycles. The summed E-state index contributed by atoms with van der Waals surface area (Å²) in [5.74, 6) is 2.40. The fourth-order valence-electron chi connectivity index (χ4n) is 4.67. The van der Waals surface area contributed by atoms with Crippen molar-refractivity contribution in [2.24, 2.45) is 0 Å². The van der Waals surface area contributed by atoms with E-state index < -0.39 is 0 Å². The van der Waals surface area contributed by atoms with Crippen molar-refractivity contribution < 1.29 is 28.2 Å². The number of furan rings is 1. The minimum atomic E-state index is -0.200. The molecule has 1 saturated heterocycles. The van der Waals surface area contributed by atoms with E-state index in [2.05, 4.69) is 15.9 Å². The zero-order valence-electron chi connectivity index (χ0n) is 22.7. The summed E-state index contributed by atoms with van der Waals surface area (Å²) >= 11 is 3.45. The maximum Gasteiger partial charge on any atom is 0.254 e. The van der Waals surface area contributed by atoms with Crippen molar-refractivity contribution >= 4 is 27.7 Å². The van der Waals surface area contributed by atoms with Crippen LogP contribution < -0.4 is 9.47 Å². The van der Waals surface area contributed by atoms with Crippen molar-refractivity contribution in [2.45, 2.75) is 38.8 Å². The van der Waals surface area contributed by atoms with Gasteiger partial charge in [-0.25, -0.2) is 0 Å². The van der Waals surface area contributed by atoms with E-state index in [9.17, 15) is 9.59 Å². The monoisotopic (exact) mass is 598 g/mol. The second-order valence-corrected chi connectivity index (χ2v) is 10.5. The molecular weight excluding hydrogens is 564 g/mol. The average molecular weight is 600 g/mol. The van der Waals surface area contributed by atoms with Gasteiger partial charge >= 0.3 is 0 Å². The topological polar surface area (TPSA) is 81.5 Å². The molecule has 2 amide bonds. The van der Waals surface area contributed by atoms with Crippen LogP contribution in [0, 0.1) is 6.92 Å². The minimum absolute atomic E-state index is 0.0587. The third-order valence-electron chi connectivity index (χ3n) is 6.75. The summed E-state index contributed by atoms with van der Waals surface area (Å²) in [4.78, 5) is 30.7. The summed E-state index contributed by atoms with van der Waals surface area (Å²) in [7, 11) is 3.20. The Balaban J connectivity index is 1.53. The Labute approximate surface area is 237 Å². The average Bonchev–Trinajstić information content (AvgIpc) is 3.61. The highest BCUT2D eigenvalue weighted by atomic mass is 79.9. The molecule has 9 heteroatoms. The molecule has 2 aromatic carbocycles. The lowest BCUT2D eigenvalue weighted by atomic mass is 10.1. The Morgan fingerprint density at radius 2 is 1.85 bits per heavy atom. The SMILES string of the molecule is COc1ccc(CCN(Cc2ccc(C)o2)C(=O)CN(C[C@@H]2CCCO2)C(=O)c2cccc(Br)c2)cc1OC. The van der Waals surface area contributed by atoms with Crippen molar-refractivity contribution in [1.82, 2.24) is 9.80 Å². The summed E-state index contributed by atoms with van der Waals surface area (Å²) in [5.41, 5.74) is 1.52. The van der Waals surface area contributed by atoms with Crippen molar-refractivity contribution in [3.8, 4) is 11.5 Å². The van der Waals surface area contributed by atoms with Crippen LogP contribution in [0.15, 0.2) is 63.5 Å². The van der Waals surface area contributed by atoms with Gasteiger partial charge in [0.1, 0.15) is 18.1 Å². The first-order valence-electron chi connectivity index (χ1n) is 13.1. The van der Waals surface area contributed by atoms with Crippen LogP contribution in [0.4, 0.5) is 0 Å². The van der Waals surface area contributed by atoms with Crippen LogP contribution in [-0.2, 0) is 22.5 Å². The Kier molecular flexibility index (Phi) is 10.1. The predicted molar refractivity (Wildman–Crippen MR) is 151 cm³/mol. The third kappa shape index (κ3) is 7.86. The number of halogens is 1. The van der Waals surface area contributed by atoms with Crippen LogP contribution in [0.25, 0.3) is 0 Å². The standard InChI is InChI=1S/C30H35BrN2O6/c1-21-9-11-26(39-21)19-32(14-13-22-10-12-27(36-2)28(16-22)37-3)29(34)20-33(18-25-8-5-15-38-25)30(35)23-6-4-7-24(31)17-23/h4,6-7,9-12,16-17,25H,5,8,13-15,18-20H2,1-3H3/t25-/m0/s1. The zero-order chi connectivity index (χ0) is 27.8. The number of hydrogen-bond donors (Lipinski definition) is 0. The van der Waals surface area contributed by atoms with Gasteiger partial charge in [-0.05, 0) is 74.2 Å². The van der Waals surface area contributed by atoms with E-state index in [0.717, 1.165) is 28.6 Å². The number of benzene rings is 2. The van der Waals surface area contributed by atoms with Crippen LogP contribution in [0.3, 0.4) is 0 Å². The number of carbonyl (C=O) groups is 2. The molecule has 8 nitrogen and oxygen atoms in total. The lowest BCUT2D eigenvalue weighted by Gasteiger charge is -2.29. The molecule has 2 heterocycles. The smallest absolute Gasteiger partial charge is 0.254 e. The predicted octanol–water partition coefficient (Wildman–Crippen LogP) is 5.26. The van der Waals surface area contributed by atoms with E-state index in [1.807, 2.05) is 49.4 Å². The molecule has 0 N–H and O–H groups in total. The number of hydrogen-bond acceptors (Lipinski definition) is 6. The highest BCUT2D eigenvalue weighted by Crippen LogP contribution is 2.28. The van der Waals surface area contributed by atoms with Crippen LogP contribution in [-0.4, -0.2) is 68.2 Å². The van der Waals surface area contributed by atoms with Crippen LogP contribution in [0.1, 0.15) is 40.3 Å². The van der Waals surface area contributed by atoms with Crippen LogP contribution in [0.2, 0.25) is 0 Å². The summed E-state index contributed by atoms with van der Waals surface area (Å²) in [6.45, 7) is 3.59. The largest absolute Gasteiger partial charge is 0.493 e. The number of nitrogens with zero attached hydrogens (tertiary/aromatic N) is 2. The van der Waals surface area contributed by atoms with Gasteiger partial charge in [0, 0.05) is 29.7 Å². The summed E-state index contributed by atoms with van der Waals surface area (Å²) in [6.07, 6.45) is 2.33. The van der Waals surface area contributed by atoms with Gasteiger partial charge in [0.15, 0.2) is 11.5 Å². The molecule has 39 heavy (non-hydrogen) atoms. The van der Waals surface area contributed by atoms with Crippen LogP contribution >= 0.6 is 15.9 Å². The Hall–Kier alpha value is -3.30. The molecule has 0 bridgehead atoms. The summed E-state index contributed by atoms with van der Waals surface area (Å²) in [6, 6.07) is 16.7. The van der Waals surface area contributed by atoms with E-state index >= 15 is 0 Å². The van der Waals surface area contributed by atoms with E-state index in [1.54, 1.807) is 36.2 Å². The lowest BCUT2D eigenvalue weighted by Crippen LogP contribution is -2.46. The number of rotatable bonds is 12. The number of methoxy groups -OCH3 is 2. The van der Waals surface area contributed by atoms with Crippen molar-refractivity contribution in [1.29, 1.82) is 0 Å². The van der Waals surface area contributed by atoms with Crippen molar-refractivity contribution in [3.63, 3.8) is 0 Å². The number of aryl methyl sites for hydroxylation is 1. The van der Waals surface area contributed by atoms with Gasteiger partial charge in [-0.1, -0.05) is 28.1 Å². The summed E-state index contributed by atoms with van der Waals surface area (Å²) in [5, 5.41) is 0. The first kappa shape index (κ1) is 28.7. The molecule has 1 aromatic heterocycles. The lowest BCUT2D eigenvalue weighted by molar-refractivity contribution is -0.133. The maximum atomic E-state index is 13.8. The molecule has 4 rings (SSSR count). The van der Waals surface area contributed by atoms with Gasteiger partial charge in [0.05, 0.1) is 26.9 Å². The molecule has 1 aliphatic heterocycles. The first-order valence-corrected chi connectivity index (χ1v) is 13.9. The van der Waals surface area contributed by atoms with Gasteiger partial charge in [-0.2, -0.15) is 0 Å². The maximum absolute atomic E-state index is 13.8. The Morgan fingerprint density at radius 1 is 1.03 bits per heavy atom. The molecule has 208 valence electrons. The zero-order valence-corrected chi connectivity index (χ0v) is 24.2. The molecule has 0 spiro atoms. The molecular formula is C30H35BrN2O6. The van der Waals surface area contributed by atoms with E-state index in [4.69, 9.17) is 18.6 Å². The molecule has 3 aromatic rings. The molecule has 1 aliphatic rings. The molecule has 0 radical (unpaired) electrons. The van der Waals surface area contributed by atoms with Crippen molar-refractivity contribution in [2.75, 3.05) is 40.5 Å². The molecule has 1 atom stereocenters. The van der Waals surface area contributed by atoms with E-state index in [-0.39, 0.29) is 24.5 Å².